The van der Waals surface area contributed by atoms with E-state index in [4.69, 9.17) is 23.7 Å². The lowest BCUT2D eigenvalue weighted by molar-refractivity contribution is 0.940. The molecular formula is C6H8N6S2. The van der Waals surface area contributed by atoms with E-state index < -0.39 is 0 Å². The van der Waals surface area contributed by atoms with Crippen LogP contribution in [0.15, 0.2) is 17.5 Å². The van der Waals surface area contributed by atoms with Crippen molar-refractivity contribution < 1.29 is 0 Å². The highest BCUT2D eigenvalue weighted by molar-refractivity contribution is 7.80. The molecule has 0 radical (unpaired) electrons. The third-order valence-electron chi connectivity index (χ3n) is 1.22. The quantitative estimate of drug-likeness (QED) is 0.346. The van der Waals surface area contributed by atoms with E-state index in [1.807, 2.05) is 0 Å². The molecule has 0 bridgehead atoms. The van der Waals surface area contributed by atoms with Gasteiger partial charge in [0.1, 0.15) is 0 Å². The zero-order chi connectivity index (χ0) is 10.6. The van der Waals surface area contributed by atoms with Gasteiger partial charge in [-0.1, -0.05) is 0 Å². The molecule has 0 aliphatic carbocycles. The SMILES string of the molecule is NC(=S)NN=Cc1cnn(C(N)=S)c1. The highest BCUT2D eigenvalue weighted by atomic mass is 32.1. The van der Waals surface area contributed by atoms with E-state index in [0.717, 1.165) is 5.56 Å². The molecule has 8 heteroatoms. The van der Waals surface area contributed by atoms with Gasteiger partial charge in [-0.3, -0.25) is 5.43 Å². The molecule has 0 amide bonds. The fourth-order valence-corrected chi connectivity index (χ4v) is 0.847. The Morgan fingerprint density at radius 2 is 2.29 bits per heavy atom. The summed E-state index contributed by atoms with van der Waals surface area (Å²) >= 11 is 9.26. The van der Waals surface area contributed by atoms with Crippen molar-refractivity contribution in [3.05, 3.63) is 18.0 Å². The Kier molecular flexibility index (Phi) is 3.48. The molecule has 0 fully saturated rings. The Bertz CT molecular complexity index is 381. The van der Waals surface area contributed by atoms with Crippen molar-refractivity contribution in [2.75, 3.05) is 0 Å². The predicted molar refractivity (Wildman–Crippen MR) is 61.9 cm³/mol. The van der Waals surface area contributed by atoms with Gasteiger partial charge >= 0.3 is 0 Å². The van der Waals surface area contributed by atoms with Crippen molar-refractivity contribution in [3.8, 4) is 0 Å². The second-order valence-corrected chi connectivity index (χ2v) is 3.15. The molecule has 0 aliphatic heterocycles. The number of thiocarbonyl (C=S) groups is 2. The third kappa shape index (κ3) is 3.07. The highest BCUT2D eigenvalue weighted by Gasteiger charge is 1.96. The highest BCUT2D eigenvalue weighted by Crippen LogP contribution is 1.92. The number of nitrogens with one attached hydrogen (secondary N) is 1. The number of aromatic nitrogens is 2. The van der Waals surface area contributed by atoms with Gasteiger partial charge in [-0.05, 0) is 24.4 Å². The van der Waals surface area contributed by atoms with Crippen molar-refractivity contribution in [1.29, 1.82) is 0 Å². The Hall–Kier alpha value is -1.54. The van der Waals surface area contributed by atoms with Gasteiger partial charge in [-0.2, -0.15) is 10.2 Å². The van der Waals surface area contributed by atoms with Gasteiger partial charge in [0.25, 0.3) is 0 Å². The number of hydrazone groups is 1. The van der Waals surface area contributed by atoms with Crippen LogP contribution in [0.2, 0.25) is 0 Å². The van der Waals surface area contributed by atoms with Gasteiger partial charge in [0.15, 0.2) is 10.2 Å². The first kappa shape index (κ1) is 10.5. The number of nitrogens with zero attached hydrogens (tertiary/aromatic N) is 3. The van der Waals surface area contributed by atoms with Crippen LogP contribution in [0.1, 0.15) is 5.56 Å². The van der Waals surface area contributed by atoms with Crippen LogP contribution in [0, 0.1) is 0 Å². The maximum absolute atomic E-state index is 5.33. The van der Waals surface area contributed by atoms with Gasteiger partial charge in [-0.25, -0.2) is 4.68 Å². The summed E-state index contributed by atoms with van der Waals surface area (Å²) in [6.07, 6.45) is 4.69. The summed E-state index contributed by atoms with van der Waals surface area (Å²) in [5.41, 5.74) is 13.6. The van der Waals surface area contributed by atoms with E-state index in [9.17, 15) is 0 Å². The summed E-state index contributed by atoms with van der Waals surface area (Å²) in [4.78, 5) is 0. The summed E-state index contributed by atoms with van der Waals surface area (Å²) in [6.45, 7) is 0. The van der Waals surface area contributed by atoms with Gasteiger partial charge in [0.2, 0.25) is 0 Å². The summed E-state index contributed by atoms with van der Waals surface area (Å²) in [6, 6.07) is 0. The Morgan fingerprint density at radius 3 is 2.79 bits per heavy atom. The van der Waals surface area contributed by atoms with Crippen LogP contribution in [0.4, 0.5) is 0 Å². The number of hydrogen-bond acceptors (Lipinski definition) is 4. The molecule has 74 valence electrons. The van der Waals surface area contributed by atoms with Crippen molar-refractivity contribution in [2.45, 2.75) is 0 Å². The van der Waals surface area contributed by atoms with Gasteiger partial charge < -0.3 is 11.5 Å². The number of rotatable bonds is 2. The molecule has 1 aromatic rings. The molecule has 0 unspecified atom stereocenters. The largest absolute Gasteiger partial charge is 0.375 e. The molecule has 14 heavy (non-hydrogen) atoms. The van der Waals surface area contributed by atoms with Crippen molar-refractivity contribution in [2.24, 2.45) is 16.6 Å². The minimum atomic E-state index is 0.1000. The molecule has 6 nitrogen and oxygen atoms in total. The van der Waals surface area contributed by atoms with Crippen molar-refractivity contribution >= 4 is 40.9 Å². The molecule has 0 aliphatic rings. The van der Waals surface area contributed by atoms with E-state index >= 15 is 0 Å². The number of hydrogen-bond donors (Lipinski definition) is 3. The molecule has 1 rings (SSSR count). The lowest BCUT2D eigenvalue weighted by atomic mass is 10.4. The first-order valence-corrected chi connectivity index (χ1v) is 4.34. The molecule has 0 atom stereocenters. The van der Waals surface area contributed by atoms with Crippen LogP contribution in [-0.4, -0.2) is 26.2 Å². The maximum Gasteiger partial charge on any atom is 0.191 e. The zero-order valence-corrected chi connectivity index (χ0v) is 8.68. The van der Waals surface area contributed by atoms with E-state index in [-0.39, 0.29) is 10.2 Å². The molecule has 0 aromatic carbocycles. The predicted octanol–water partition coefficient (Wildman–Crippen LogP) is -0.858. The second kappa shape index (κ2) is 4.63. The van der Waals surface area contributed by atoms with E-state index in [1.165, 1.54) is 10.9 Å². The first-order chi connectivity index (χ1) is 6.59. The summed E-state index contributed by atoms with van der Waals surface area (Å²) < 4.78 is 1.36. The molecular weight excluding hydrogens is 220 g/mol. The molecule has 5 N–H and O–H groups in total. The number of nitrogens with two attached hydrogens (primary N) is 2. The average Bonchev–Trinajstić information content (AvgIpc) is 2.52. The topological polar surface area (TPSA) is 94.2 Å². The Labute approximate surface area is 90.9 Å². The van der Waals surface area contributed by atoms with Crippen LogP contribution in [0.25, 0.3) is 0 Å². The smallest absolute Gasteiger partial charge is 0.191 e. The van der Waals surface area contributed by atoms with Crippen LogP contribution in [0.5, 0.6) is 0 Å². The molecule has 1 aromatic heterocycles. The monoisotopic (exact) mass is 228 g/mol. The van der Waals surface area contributed by atoms with Gasteiger partial charge in [0.05, 0.1) is 12.4 Å². The van der Waals surface area contributed by atoms with Crippen molar-refractivity contribution in [1.82, 2.24) is 15.2 Å². The van der Waals surface area contributed by atoms with Gasteiger partial charge in [-0.15, -0.1) is 0 Å². The summed E-state index contributed by atoms with van der Waals surface area (Å²) in [5, 5.41) is 7.89. The summed E-state index contributed by atoms with van der Waals surface area (Å²) in [7, 11) is 0. The average molecular weight is 228 g/mol. The van der Waals surface area contributed by atoms with E-state index in [1.54, 1.807) is 12.4 Å². The van der Waals surface area contributed by atoms with E-state index in [2.05, 4.69) is 27.8 Å². The molecule has 0 spiro atoms. The van der Waals surface area contributed by atoms with Crippen LogP contribution in [0.3, 0.4) is 0 Å². The minimum Gasteiger partial charge on any atom is -0.375 e. The molecule has 0 saturated heterocycles. The fraction of sp³-hybridized carbons (Fsp3) is 0. The second-order valence-electron chi connectivity index (χ2n) is 2.29. The van der Waals surface area contributed by atoms with Crippen LogP contribution >= 0.6 is 24.4 Å². The molecule has 1 heterocycles. The van der Waals surface area contributed by atoms with E-state index in [0.29, 0.717) is 0 Å². The normalized spacial score (nSPS) is 10.3. The zero-order valence-electron chi connectivity index (χ0n) is 7.04. The van der Waals surface area contributed by atoms with Crippen LogP contribution < -0.4 is 16.9 Å². The Morgan fingerprint density at radius 1 is 1.57 bits per heavy atom. The lowest BCUT2D eigenvalue weighted by Crippen LogP contribution is -2.24. The third-order valence-corrected chi connectivity index (χ3v) is 1.50. The van der Waals surface area contributed by atoms with Crippen LogP contribution in [-0.2, 0) is 0 Å². The minimum absolute atomic E-state index is 0.1000. The Balaban J connectivity index is 2.64. The lowest BCUT2D eigenvalue weighted by Gasteiger charge is -1.93. The first-order valence-electron chi connectivity index (χ1n) is 3.52. The van der Waals surface area contributed by atoms with Gasteiger partial charge in [0, 0.05) is 11.8 Å². The standard InChI is InChI=1S/C6H8N6S2/c7-5(13)11-9-1-4-2-10-12(3-4)6(8)14/h1-3H,(H2,8,14)(H3,7,11,13). The maximum atomic E-state index is 5.33. The molecule has 0 saturated carbocycles. The fourth-order valence-electron chi connectivity index (χ4n) is 0.694. The summed E-state index contributed by atoms with van der Waals surface area (Å²) in [5.74, 6) is 0. The van der Waals surface area contributed by atoms with Crippen molar-refractivity contribution in [3.63, 3.8) is 0 Å².